The van der Waals surface area contributed by atoms with Crippen LogP contribution in [0.5, 0.6) is 0 Å². The molecule has 2 saturated heterocycles. The second kappa shape index (κ2) is 4.49. The zero-order valence-corrected chi connectivity index (χ0v) is 9.45. The van der Waals surface area contributed by atoms with Gasteiger partial charge in [-0.05, 0) is 32.2 Å². The van der Waals surface area contributed by atoms with Crippen molar-refractivity contribution in [2.24, 2.45) is 5.92 Å². The lowest BCUT2D eigenvalue weighted by molar-refractivity contribution is -0.124. The van der Waals surface area contributed by atoms with Gasteiger partial charge in [-0.1, -0.05) is 6.92 Å². The first-order valence-electron chi connectivity index (χ1n) is 5.84. The largest absolute Gasteiger partial charge is 0.376 e. The maximum atomic E-state index is 11.9. The van der Waals surface area contributed by atoms with E-state index in [1.54, 1.807) is 0 Å². The van der Waals surface area contributed by atoms with Gasteiger partial charge in [0, 0.05) is 6.61 Å². The van der Waals surface area contributed by atoms with Crippen LogP contribution in [0.4, 0.5) is 0 Å². The molecule has 0 aliphatic carbocycles. The van der Waals surface area contributed by atoms with Crippen LogP contribution in [0.25, 0.3) is 0 Å². The number of rotatable bonds is 2. The lowest BCUT2D eigenvalue weighted by Crippen LogP contribution is -2.49. The fourth-order valence-electron chi connectivity index (χ4n) is 2.38. The number of carbonyl (C=O) groups excluding carboxylic acids is 1. The SMILES string of the molecule is CC1CCNC1C(=O)NC1CCOC1C. The van der Waals surface area contributed by atoms with E-state index in [0.29, 0.717) is 5.92 Å². The van der Waals surface area contributed by atoms with Gasteiger partial charge in [0.15, 0.2) is 0 Å². The van der Waals surface area contributed by atoms with Crippen LogP contribution in [0.3, 0.4) is 0 Å². The zero-order valence-electron chi connectivity index (χ0n) is 9.45. The van der Waals surface area contributed by atoms with Crippen molar-refractivity contribution in [1.29, 1.82) is 0 Å². The minimum Gasteiger partial charge on any atom is -0.376 e. The maximum absolute atomic E-state index is 11.9. The van der Waals surface area contributed by atoms with E-state index in [4.69, 9.17) is 4.74 Å². The van der Waals surface area contributed by atoms with Crippen LogP contribution in [-0.4, -0.2) is 37.2 Å². The van der Waals surface area contributed by atoms with E-state index in [1.807, 2.05) is 6.92 Å². The number of hydrogen-bond donors (Lipinski definition) is 2. The molecule has 86 valence electrons. The molecule has 1 amide bonds. The molecule has 0 radical (unpaired) electrons. The van der Waals surface area contributed by atoms with E-state index in [2.05, 4.69) is 17.6 Å². The van der Waals surface area contributed by atoms with E-state index in [9.17, 15) is 4.79 Å². The standard InChI is InChI=1S/C11H20N2O2/c1-7-3-5-12-10(7)11(14)13-9-4-6-15-8(9)2/h7-10,12H,3-6H2,1-2H3,(H,13,14). The van der Waals surface area contributed by atoms with Gasteiger partial charge in [0.25, 0.3) is 0 Å². The smallest absolute Gasteiger partial charge is 0.237 e. The molecule has 4 nitrogen and oxygen atoms in total. The van der Waals surface area contributed by atoms with E-state index in [-0.39, 0.29) is 24.1 Å². The maximum Gasteiger partial charge on any atom is 0.237 e. The van der Waals surface area contributed by atoms with Crippen molar-refractivity contribution in [2.75, 3.05) is 13.2 Å². The van der Waals surface area contributed by atoms with Crippen molar-refractivity contribution in [3.05, 3.63) is 0 Å². The molecule has 2 aliphatic rings. The lowest BCUT2D eigenvalue weighted by Gasteiger charge is -2.21. The number of carbonyl (C=O) groups is 1. The Labute approximate surface area is 90.8 Å². The van der Waals surface area contributed by atoms with Gasteiger partial charge in [-0.2, -0.15) is 0 Å². The third-order valence-electron chi connectivity index (χ3n) is 3.52. The molecule has 4 atom stereocenters. The highest BCUT2D eigenvalue weighted by Crippen LogP contribution is 2.17. The van der Waals surface area contributed by atoms with Crippen LogP contribution in [-0.2, 0) is 9.53 Å². The first kappa shape index (κ1) is 10.9. The molecule has 0 aromatic carbocycles. The Morgan fingerprint density at radius 2 is 2.20 bits per heavy atom. The van der Waals surface area contributed by atoms with Crippen molar-refractivity contribution in [2.45, 2.75) is 44.9 Å². The molecular weight excluding hydrogens is 192 g/mol. The fraction of sp³-hybridized carbons (Fsp3) is 0.909. The Bertz CT molecular complexity index is 245. The molecule has 0 saturated carbocycles. The minimum atomic E-state index is -0.00204. The van der Waals surface area contributed by atoms with Gasteiger partial charge >= 0.3 is 0 Å². The quantitative estimate of drug-likeness (QED) is 0.691. The summed E-state index contributed by atoms with van der Waals surface area (Å²) in [5.41, 5.74) is 0. The Morgan fingerprint density at radius 3 is 2.73 bits per heavy atom. The van der Waals surface area contributed by atoms with E-state index in [1.165, 1.54) is 0 Å². The Morgan fingerprint density at radius 1 is 1.40 bits per heavy atom. The van der Waals surface area contributed by atoms with Crippen LogP contribution in [0.1, 0.15) is 26.7 Å². The number of ether oxygens (including phenoxy) is 1. The molecule has 2 aliphatic heterocycles. The summed E-state index contributed by atoms with van der Waals surface area (Å²) in [4.78, 5) is 11.9. The molecule has 4 heteroatoms. The third-order valence-corrected chi connectivity index (χ3v) is 3.52. The van der Waals surface area contributed by atoms with Crippen molar-refractivity contribution < 1.29 is 9.53 Å². The predicted molar refractivity (Wildman–Crippen MR) is 57.5 cm³/mol. The summed E-state index contributed by atoms with van der Waals surface area (Å²) in [5.74, 6) is 0.588. The minimum absolute atomic E-state index is 0.00204. The van der Waals surface area contributed by atoms with Gasteiger partial charge in [0.2, 0.25) is 5.91 Å². The van der Waals surface area contributed by atoms with Gasteiger partial charge in [-0.15, -0.1) is 0 Å². The third kappa shape index (κ3) is 2.32. The molecule has 4 unspecified atom stereocenters. The summed E-state index contributed by atoms with van der Waals surface area (Å²) < 4.78 is 5.42. The summed E-state index contributed by atoms with van der Waals surface area (Å²) in [6.07, 6.45) is 2.19. The molecule has 2 fully saturated rings. The fourth-order valence-corrected chi connectivity index (χ4v) is 2.38. The summed E-state index contributed by atoms with van der Waals surface area (Å²) in [5, 5.41) is 6.32. The van der Waals surface area contributed by atoms with E-state index >= 15 is 0 Å². The Balaban J connectivity index is 1.86. The number of nitrogens with one attached hydrogen (secondary N) is 2. The molecule has 0 bridgehead atoms. The van der Waals surface area contributed by atoms with Crippen molar-refractivity contribution in [1.82, 2.24) is 10.6 Å². The Hall–Kier alpha value is -0.610. The van der Waals surface area contributed by atoms with Crippen molar-refractivity contribution in [3.8, 4) is 0 Å². The summed E-state index contributed by atoms with van der Waals surface area (Å²) in [6.45, 7) is 5.86. The predicted octanol–water partition coefficient (Wildman–Crippen LogP) is 0.278. The second-order valence-corrected chi connectivity index (χ2v) is 4.68. The molecule has 0 spiro atoms. The number of hydrogen-bond acceptors (Lipinski definition) is 3. The normalized spacial score (nSPS) is 40.7. The van der Waals surface area contributed by atoms with Crippen LogP contribution in [0.15, 0.2) is 0 Å². The first-order chi connectivity index (χ1) is 7.18. The number of amides is 1. The molecule has 0 aromatic rings. The average molecular weight is 212 g/mol. The lowest BCUT2D eigenvalue weighted by atomic mass is 10.0. The monoisotopic (exact) mass is 212 g/mol. The van der Waals surface area contributed by atoms with E-state index < -0.39 is 0 Å². The summed E-state index contributed by atoms with van der Waals surface area (Å²) >= 11 is 0. The molecule has 2 heterocycles. The average Bonchev–Trinajstić information content (AvgIpc) is 2.76. The molecular formula is C11H20N2O2. The first-order valence-corrected chi connectivity index (χ1v) is 5.84. The van der Waals surface area contributed by atoms with Crippen LogP contribution in [0, 0.1) is 5.92 Å². The topological polar surface area (TPSA) is 50.4 Å². The van der Waals surface area contributed by atoms with Gasteiger partial charge < -0.3 is 15.4 Å². The van der Waals surface area contributed by atoms with Crippen LogP contribution in [0.2, 0.25) is 0 Å². The molecule has 2 rings (SSSR count). The van der Waals surface area contributed by atoms with E-state index in [0.717, 1.165) is 26.0 Å². The highest BCUT2D eigenvalue weighted by Gasteiger charge is 2.33. The van der Waals surface area contributed by atoms with Gasteiger partial charge in [0.05, 0.1) is 18.2 Å². The van der Waals surface area contributed by atoms with Gasteiger partial charge in [-0.25, -0.2) is 0 Å². The Kier molecular flexibility index (Phi) is 3.26. The highest BCUT2D eigenvalue weighted by atomic mass is 16.5. The molecule has 0 aromatic heterocycles. The van der Waals surface area contributed by atoms with Crippen LogP contribution < -0.4 is 10.6 Å². The summed E-state index contributed by atoms with van der Waals surface area (Å²) in [6, 6.07) is 0.199. The highest BCUT2D eigenvalue weighted by molar-refractivity contribution is 5.82. The zero-order chi connectivity index (χ0) is 10.8. The van der Waals surface area contributed by atoms with Crippen molar-refractivity contribution in [3.63, 3.8) is 0 Å². The van der Waals surface area contributed by atoms with Crippen LogP contribution >= 0.6 is 0 Å². The second-order valence-electron chi connectivity index (χ2n) is 4.68. The molecule has 15 heavy (non-hydrogen) atoms. The van der Waals surface area contributed by atoms with Gasteiger partial charge in [0.1, 0.15) is 0 Å². The van der Waals surface area contributed by atoms with Crippen molar-refractivity contribution >= 4 is 5.91 Å². The summed E-state index contributed by atoms with van der Waals surface area (Å²) in [7, 11) is 0. The van der Waals surface area contributed by atoms with Gasteiger partial charge in [-0.3, -0.25) is 4.79 Å². The molecule has 2 N–H and O–H groups in total.